The van der Waals surface area contributed by atoms with E-state index in [9.17, 15) is 9.59 Å². The minimum Gasteiger partial charge on any atom is -0.464 e. The van der Waals surface area contributed by atoms with Crippen LogP contribution < -0.4 is 5.32 Å². The van der Waals surface area contributed by atoms with Crippen molar-refractivity contribution in [1.82, 2.24) is 20.3 Å². The molecule has 1 aromatic rings. The lowest BCUT2D eigenvalue weighted by molar-refractivity contribution is -0.124. The number of amides is 1. The number of aromatic nitrogens is 3. The first-order valence-corrected chi connectivity index (χ1v) is 6.75. The minimum absolute atomic E-state index is 0.000486. The number of hydrogen-bond donors (Lipinski definition) is 1. The Balaban J connectivity index is 3.09. The van der Waals surface area contributed by atoms with Crippen LogP contribution in [0, 0.1) is 0 Å². The summed E-state index contributed by atoms with van der Waals surface area (Å²) in [5, 5.41) is 10.6. The van der Waals surface area contributed by atoms with Crippen LogP contribution in [0.25, 0.3) is 0 Å². The molecule has 0 aliphatic rings. The molecule has 0 saturated carbocycles. The normalized spacial score (nSPS) is 12.3. The van der Waals surface area contributed by atoms with Crippen molar-refractivity contribution in [3.8, 4) is 0 Å². The molecular weight excluding hydrogens is 260 g/mol. The molecule has 112 valence electrons. The van der Waals surface area contributed by atoms with E-state index in [-0.39, 0.29) is 17.5 Å². The lowest BCUT2D eigenvalue weighted by atomic mass is 10.1. The number of hydrogen-bond acceptors (Lipinski definition) is 5. The van der Waals surface area contributed by atoms with Gasteiger partial charge >= 0.3 is 5.97 Å². The Morgan fingerprint density at radius 2 is 2.00 bits per heavy atom. The van der Waals surface area contributed by atoms with E-state index in [2.05, 4.69) is 15.6 Å². The first-order valence-electron chi connectivity index (χ1n) is 6.75. The van der Waals surface area contributed by atoms with Crippen molar-refractivity contribution in [3.63, 3.8) is 0 Å². The molecule has 1 aromatic heterocycles. The lowest BCUT2D eigenvalue weighted by Gasteiger charge is -2.16. The topological polar surface area (TPSA) is 86.1 Å². The second kappa shape index (κ2) is 7.02. The van der Waals surface area contributed by atoms with Gasteiger partial charge in [-0.05, 0) is 19.3 Å². The van der Waals surface area contributed by atoms with Crippen LogP contribution in [0.15, 0.2) is 0 Å². The van der Waals surface area contributed by atoms with Crippen molar-refractivity contribution in [2.24, 2.45) is 0 Å². The van der Waals surface area contributed by atoms with Gasteiger partial charge in [-0.25, -0.2) is 9.48 Å². The third-order valence-corrected chi connectivity index (χ3v) is 2.95. The molecule has 0 spiro atoms. The van der Waals surface area contributed by atoms with E-state index in [0.717, 1.165) is 6.42 Å². The zero-order valence-corrected chi connectivity index (χ0v) is 12.6. The quantitative estimate of drug-likeness (QED) is 0.794. The second-order valence-electron chi connectivity index (χ2n) is 4.88. The fraction of sp³-hybridized carbons (Fsp3) is 0.692. The second-order valence-corrected chi connectivity index (χ2v) is 4.88. The largest absolute Gasteiger partial charge is 0.464 e. The SMILES string of the molecule is CCCNC(=O)C(C)n1nnc(C(=O)OC)c1C(C)C. The van der Waals surface area contributed by atoms with Crippen LogP contribution in [0.1, 0.15) is 62.3 Å². The molecule has 0 fully saturated rings. The number of carbonyl (C=O) groups excluding carboxylic acids is 2. The number of nitrogens with zero attached hydrogens (tertiary/aromatic N) is 3. The van der Waals surface area contributed by atoms with Crippen molar-refractivity contribution in [1.29, 1.82) is 0 Å². The van der Waals surface area contributed by atoms with Crippen LogP contribution in [-0.2, 0) is 9.53 Å². The number of rotatable bonds is 6. The van der Waals surface area contributed by atoms with Crippen molar-refractivity contribution in [3.05, 3.63) is 11.4 Å². The average molecular weight is 282 g/mol. The maximum atomic E-state index is 12.0. The Morgan fingerprint density at radius 1 is 1.35 bits per heavy atom. The molecule has 0 radical (unpaired) electrons. The minimum atomic E-state index is -0.541. The van der Waals surface area contributed by atoms with E-state index in [1.807, 2.05) is 20.8 Å². The van der Waals surface area contributed by atoms with Crippen LogP contribution in [0.4, 0.5) is 0 Å². The van der Waals surface area contributed by atoms with E-state index in [0.29, 0.717) is 12.2 Å². The number of ether oxygens (including phenoxy) is 1. The first kappa shape index (κ1) is 16.1. The van der Waals surface area contributed by atoms with E-state index in [1.165, 1.54) is 11.8 Å². The molecule has 1 unspecified atom stereocenters. The highest BCUT2D eigenvalue weighted by Crippen LogP contribution is 2.21. The van der Waals surface area contributed by atoms with Gasteiger partial charge < -0.3 is 10.1 Å². The highest BCUT2D eigenvalue weighted by atomic mass is 16.5. The zero-order valence-electron chi connectivity index (χ0n) is 12.6. The van der Waals surface area contributed by atoms with Gasteiger partial charge in [0.1, 0.15) is 6.04 Å². The number of nitrogens with one attached hydrogen (secondary N) is 1. The Bertz CT molecular complexity index is 482. The molecule has 0 bridgehead atoms. The molecule has 7 heteroatoms. The summed E-state index contributed by atoms with van der Waals surface area (Å²) in [6, 6.07) is -0.523. The summed E-state index contributed by atoms with van der Waals surface area (Å²) in [4.78, 5) is 23.7. The van der Waals surface area contributed by atoms with Gasteiger partial charge in [-0.3, -0.25) is 4.79 Å². The summed E-state index contributed by atoms with van der Waals surface area (Å²) in [5.74, 6) is -0.684. The Morgan fingerprint density at radius 3 is 2.50 bits per heavy atom. The summed E-state index contributed by atoms with van der Waals surface area (Å²) in [5.41, 5.74) is 0.772. The smallest absolute Gasteiger partial charge is 0.360 e. The number of esters is 1. The summed E-state index contributed by atoms with van der Waals surface area (Å²) in [6.45, 7) is 8.15. The molecule has 0 aromatic carbocycles. The van der Waals surface area contributed by atoms with Crippen LogP contribution in [0.3, 0.4) is 0 Å². The molecule has 0 saturated heterocycles. The summed E-state index contributed by atoms with van der Waals surface area (Å²) < 4.78 is 6.18. The van der Waals surface area contributed by atoms with Crippen molar-refractivity contribution in [2.75, 3.05) is 13.7 Å². The maximum absolute atomic E-state index is 12.0. The van der Waals surface area contributed by atoms with E-state index in [4.69, 9.17) is 4.74 Å². The van der Waals surface area contributed by atoms with Gasteiger partial charge in [-0.2, -0.15) is 0 Å². The van der Waals surface area contributed by atoms with Gasteiger partial charge in [0.25, 0.3) is 0 Å². The maximum Gasteiger partial charge on any atom is 0.360 e. The molecule has 1 rings (SSSR count). The number of methoxy groups -OCH3 is 1. The molecule has 0 aliphatic heterocycles. The lowest BCUT2D eigenvalue weighted by Crippen LogP contribution is -2.33. The van der Waals surface area contributed by atoms with Crippen LogP contribution in [0.5, 0.6) is 0 Å². The first-order chi connectivity index (χ1) is 9.43. The van der Waals surface area contributed by atoms with Gasteiger partial charge in [0.05, 0.1) is 12.8 Å². The van der Waals surface area contributed by atoms with Crippen molar-refractivity contribution < 1.29 is 14.3 Å². The third-order valence-electron chi connectivity index (χ3n) is 2.95. The van der Waals surface area contributed by atoms with Gasteiger partial charge in [0.2, 0.25) is 5.91 Å². The standard InChI is InChI=1S/C13H22N4O3/c1-6-7-14-12(18)9(4)17-11(8(2)3)10(15-16-17)13(19)20-5/h8-9H,6-7H2,1-5H3,(H,14,18). The van der Waals surface area contributed by atoms with E-state index < -0.39 is 12.0 Å². The van der Waals surface area contributed by atoms with Crippen LogP contribution in [0.2, 0.25) is 0 Å². The molecule has 0 aliphatic carbocycles. The Kier molecular flexibility index (Phi) is 5.66. The van der Waals surface area contributed by atoms with E-state index in [1.54, 1.807) is 6.92 Å². The molecule has 1 heterocycles. The average Bonchev–Trinajstić information content (AvgIpc) is 2.87. The van der Waals surface area contributed by atoms with Gasteiger partial charge in [0, 0.05) is 6.54 Å². The van der Waals surface area contributed by atoms with Gasteiger partial charge in [-0.15, -0.1) is 5.10 Å². The predicted molar refractivity (Wildman–Crippen MR) is 73.5 cm³/mol. The van der Waals surface area contributed by atoms with Crippen LogP contribution in [-0.4, -0.2) is 40.5 Å². The molecule has 1 amide bonds. The van der Waals surface area contributed by atoms with E-state index >= 15 is 0 Å². The Labute approximate surface area is 118 Å². The monoisotopic (exact) mass is 282 g/mol. The number of carbonyl (C=O) groups is 2. The van der Waals surface area contributed by atoms with Gasteiger partial charge in [-0.1, -0.05) is 26.0 Å². The van der Waals surface area contributed by atoms with Gasteiger partial charge in [0.15, 0.2) is 5.69 Å². The fourth-order valence-electron chi connectivity index (χ4n) is 1.87. The predicted octanol–water partition coefficient (Wildman–Crippen LogP) is 1.28. The Hall–Kier alpha value is -1.92. The molecular formula is C13H22N4O3. The zero-order chi connectivity index (χ0) is 15.3. The highest BCUT2D eigenvalue weighted by Gasteiger charge is 2.27. The summed E-state index contributed by atoms with van der Waals surface area (Å²) in [6.07, 6.45) is 0.861. The van der Waals surface area contributed by atoms with Crippen molar-refractivity contribution in [2.45, 2.75) is 46.1 Å². The van der Waals surface area contributed by atoms with Crippen molar-refractivity contribution >= 4 is 11.9 Å². The molecule has 1 N–H and O–H groups in total. The molecule has 1 atom stereocenters. The highest BCUT2D eigenvalue weighted by molar-refractivity contribution is 5.88. The fourth-order valence-corrected chi connectivity index (χ4v) is 1.87. The van der Waals surface area contributed by atoms with Crippen LogP contribution >= 0.6 is 0 Å². The summed E-state index contributed by atoms with van der Waals surface area (Å²) in [7, 11) is 1.29. The molecule has 20 heavy (non-hydrogen) atoms. The molecule has 7 nitrogen and oxygen atoms in total. The summed E-state index contributed by atoms with van der Waals surface area (Å²) >= 11 is 0. The third kappa shape index (κ3) is 3.34.